The van der Waals surface area contributed by atoms with Crippen LogP contribution in [-0.4, -0.2) is 4.98 Å². The van der Waals surface area contributed by atoms with E-state index >= 15 is 0 Å². The van der Waals surface area contributed by atoms with E-state index in [-0.39, 0.29) is 5.02 Å². The first kappa shape index (κ1) is 12.9. The second-order valence-corrected chi connectivity index (χ2v) is 4.52. The summed E-state index contributed by atoms with van der Waals surface area (Å²) in [5, 5.41) is 3.55. The highest BCUT2D eigenvalue weighted by molar-refractivity contribution is 6.33. The first-order valence-electron chi connectivity index (χ1n) is 5.15. The number of benzene rings is 1. The monoisotopic (exact) mass is 285 g/mol. The summed E-state index contributed by atoms with van der Waals surface area (Å²) < 4.78 is 13.0. The van der Waals surface area contributed by atoms with Gasteiger partial charge in [0.05, 0.1) is 21.9 Å². The van der Waals surface area contributed by atoms with Gasteiger partial charge in [-0.1, -0.05) is 29.3 Å². The van der Waals surface area contributed by atoms with Crippen LogP contribution in [-0.2, 0) is 6.54 Å². The van der Waals surface area contributed by atoms with Crippen molar-refractivity contribution in [2.75, 3.05) is 11.1 Å². The van der Waals surface area contributed by atoms with Crippen molar-refractivity contribution in [1.29, 1.82) is 0 Å². The number of hydrogen-bond donors (Lipinski definition) is 2. The van der Waals surface area contributed by atoms with Gasteiger partial charge in [-0.25, -0.2) is 9.37 Å². The van der Waals surface area contributed by atoms with Crippen LogP contribution in [0.1, 0.15) is 5.56 Å². The van der Waals surface area contributed by atoms with Crippen LogP contribution in [0.25, 0.3) is 0 Å². The van der Waals surface area contributed by atoms with Gasteiger partial charge in [-0.3, -0.25) is 0 Å². The summed E-state index contributed by atoms with van der Waals surface area (Å²) in [7, 11) is 0. The summed E-state index contributed by atoms with van der Waals surface area (Å²) in [6, 6.07) is 6.11. The van der Waals surface area contributed by atoms with Crippen LogP contribution in [0, 0.1) is 5.82 Å². The molecule has 3 nitrogen and oxygen atoms in total. The summed E-state index contributed by atoms with van der Waals surface area (Å²) >= 11 is 11.6. The van der Waals surface area contributed by atoms with Crippen LogP contribution < -0.4 is 11.1 Å². The minimum atomic E-state index is -0.441. The molecule has 0 aliphatic heterocycles. The Morgan fingerprint density at radius 1 is 1.22 bits per heavy atom. The highest BCUT2D eigenvalue weighted by Gasteiger charge is 2.04. The van der Waals surface area contributed by atoms with E-state index in [2.05, 4.69) is 10.3 Å². The van der Waals surface area contributed by atoms with Gasteiger partial charge in [-0.15, -0.1) is 0 Å². The summed E-state index contributed by atoms with van der Waals surface area (Å²) in [6.45, 7) is 0.441. The van der Waals surface area contributed by atoms with Crippen molar-refractivity contribution < 1.29 is 4.39 Å². The van der Waals surface area contributed by atoms with E-state index in [1.54, 1.807) is 18.2 Å². The summed E-state index contributed by atoms with van der Waals surface area (Å²) in [5.74, 6) is 0.0790. The standard InChI is InChI=1S/C12H10Cl2FN3/c13-9-3-7(1-2-11(9)15)5-17-12-10(14)4-8(16)6-18-12/h1-4,6H,5,16H2,(H,17,18). The first-order chi connectivity index (χ1) is 8.56. The molecule has 1 aromatic carbocycles. The second-order valence-electron chi connectivity index (χ2n) is 3.70. The van der Waals surface area contributed by atoms with Gasteiger partial charge >= 0.3 is 0 Å². The molecule has 2 aromatic rings. The molecule has 0 unspecified atom stereocenters. The van der Waals surface area contributed by atoms with Crippen LogP contribution in [0.5, 0.6) is 0 Å². The van der Waals surface area contributed by atoms with Gasteiger partial charge < -0.3 is 11.1 Å². The predicted octanol–water partition coefficient (Wildman–Crippen LogP) is 3.72. The predicted molar refractivity (Wildman–Crippen MR) is 72.4 cm³/mol. The molecular weight excluding hydrogens is 276 g/mol. The van der Waals surface area contributed by atoms with E-state index in [4.69, 9.17) is 28.9 Å². The minimum absolute atomic E-state index is 0.0886. The maximum Gasteiger partial charge on any atom is 0.145 e. The fourth-order valence-electron chi connectivity index (χ4n) is 1.42. The largest absolute Gasteiger partial charge is 0.397 e. The Bertz CT molecular complexity index is 575. The Balaban J connectivity index is 2.09. The third kappa shape index (κ3) is 3.03. The lowest BCUT2D eigenvalue weighted by molar-refractivity contribution is 0.627. The molecule has 0 radical (unpaired) electrons. The zero-order valence-corrected chi connectivity index (χ0v) is 10.8. The molecular formula is C12H10Cl2FN3. The SMILES string of the molecule is Nc1cnc(NCc2ccc(F)c(Cl)c2)c(Cl)c1. The highest BCUT2D eigenvalue weighted by atomic mass is 35.5. The maximum atomic E-state index is 13.0. The quantitative estimate of drug-likeness (QED) is 0.904. The number of nitrogens with zero attached hydrogens (tertiary/aromatic N) is 1. The molecule has 6 heteroatoms. The fourth-order valence-corrected chi connectivity index (χ4v) is 1.86. The summed E-state index contributed by atoms with van der Waals surface area (Å²) in [5.41, 5.74) is 6.86. The lowest BCUT2D eigenvalue weighted by Gasteiger charge is -2.08. The average Bonchev–Trinajstić information content (AvgIpc) is 2.32. The van der Waals surface area contributed by atoms with Crippen LogP contribution in [0.15, 0.2) is 30.5 Å². The Hall–Kier alpha value is -1.52. The molecule has 1 aromatic heterocycles. The fraction of sp³-hybridized carbons (Fsp3) is 0.0833. The van der Waals surface area contributed by atoms with Gasteiger partial charge in [-0.05, 0) is 23.8 Å². The number of hydrogen-bond acceptors (Lipinski definition) is 3. The number of rotatable bonds is 3. The molecule has 3 N–H and O–H groups in total. The lowest BCUT2D eigenvalue weighted by Crippen LogP contribution is -2.02. The third-order valence-corrected chi connectivity index (χ3v) is 2.88. The lowest BCUT2D eigenvalue weighted by atomic mass is 10.2. The van der Waals surface area contributed by atoms with E-state index in [1.165, 1.54) is 12.3 Å². The summed E-state index contributed by atoms with van der Waals surface area (Å²) in [4.78, 5) is 4.06. The molecule has 94 valence electrons. The Kier molecular flexibility index (Phi) is 3.89. The number of aromatic nitrogens is 1. The zero-order chi connectivity index (χ0) is 13.1. The van der Waals surface area contributed by atoms with E-state index < -0.39 is 5.82 Å². The number of nitrogens with two attached hydrogens (primary N) is 1. The van der Waals surface area contributed by atoms with E-state index in [0.717, 1.165) is 5.56 Å². The number of pyridine rings is 1. The second kappa shape index (κ2) is 5.42. The molecule has 0 aliphatic rings. The summed E-state index contributed by atoms with van der Waals surface area (Å²) in [6.07, 6.45) is 1.51. The molecule has 2 rings (SSSR count). The topological polar surface area (TPSA) is 50.9 Å². The smallest absolute Gasteiger partial charge is 0.145 e. The van der Waals surface area contributed by atoms with Gasteiger partial charge in [-0.2, -0.15) is 0 Å². The Morgan fingerprint density at radius 3 is 2.67 bits per heavy atom. The van der Waals surface area contributed by atoms with Crippen LogP contribution >= 0.6 is 23.2 Å². The number of halogens is 3. The van der Waals surface area contributed by atoms with E-state index in [0.29, 0.717) is 23.1 Å². The maximum absolute atomic E-state index is 13.0. The van der Waals surface area contributed by atoms with Crippen molar-refractivity contribution in [3.63, 3.8) is 0 Å². The van der Waals surface area contributed by atoms with Gasteiger partial charge in [0, 0.05) is 6.54 Å². The molecule has 0 saturated carbocycles. The van der Waals surface area contributed by atoms with Crippen LogP contribution in [0.4, 0.5) is 15.9 Å². The Labute approximate surface area is 114 Å². The molecule has 0 atom stereocenters. The van der Waals surface area contributed by atoms with Gasteiger partial charge in [0.1, 0.15) is 11.6 Å². The first-order valence-corrected chi connectivity index (χ1v) is 5.90. The third-order valence-electron chi connectivity index (χ3n) is 2.31. The molecule has 0 aliphatic carbocycles. The van der Waals surface area contributed by atoms with Crippen molar-refractivity contribution in [1.82, 2.24) is 4.98 Å². The average molecular weight is 286 g/mol. The highest BCUT2D eigenvalue weighted by Crippen LogP contribution is 2.22. The van der Waals surface area contributed by atoms with E-state index in [9.17, 15) is 4.39 Å². The molecule has 0 saturated heterocycles. The molecule has 0 fully saturated rings. The normalized spacial score (nSPS) is 10.4. The Morgan fingerprint density at radius 2 is 2.00 bits per heavy atom. The van der Waals surface area contributed by atoms with Crippen LogP contribution in [0.2, 0.25) is 10.0 Å². The zero-order valence-electron chi connectivity index (χ0n) is 9.25. The van der Waals surface area contributed by atoms with Crippen molar-refractivity contribution in [2.24, 2.45) is 0 Å². The minimum Gasteiger partial charge on any atom is -0.397 e. The number of nitrogen functional groups attached to an aromatic ring is 1. The molecule has 0 bridgehead atoms. The van der Waals surface area contributed by atoms with Crippen molar-refractivity contribution in [3.8, 4) is 0 Å². The molecule has 0 spiro atoms. The van der Waals surface area contributed by atoms with Gasteiger partial charge in [0.25, 0.3) is 0 Å². The van der Waals surface area contributed by atoms with E-state index in [1.807, 2.05) is 0 Å². The molecule has 1 heterocycles. The van der Waals surface area contributed by atoms with Crippen LogP contribution in [0.3, 0.4) is 0 Å². The van der Waals surface area contributed by atoms with Gasteiger partial charge in [0.2, 0.25) is 0 Å². The van der Waals surface area contributed by atoms with Crippen molar-refractivity contribution >= 4 is 34.7 Å². The number of anilines is 2. The molecule has 18 heavy (non-hydrogen) atoms. The van der Waals surface area contributed by atoms with Crippen molar-refractivity contribution in [2.45, 2.75) is 6.54 Å². The molecule has 0 amide bonds. The van der Waals surface area contributed by atoms with Gasteiger partial charge in [0.15, 0.2) is 0 Å². The number of nitrogens with one attached hydrogen (secondary N) is 1. The van der Waals surface area contributed by atoms with Crippen molar-refractivity contribution in [3.05, 3.63) is 51.9 Å².